The van der Waals surface area contributed by atoms with Crippen molar-refractivity contribution in [2.45, 2.75) is 19.1 Å². The van der Waals surface area contributed by atoms with E-state index in [2.05, 4.69) is 0 Å². The smallest absolute Gasteiger partial charge is 0.236 e. The highest BCUT2D eigenvalue weighted by atomic mass is 32.1. The first kappa shape index (κ1) is 12.5. The molecule has 1 aliphatic heterocycles. The number of hydrogen-bond acceptors (Lipinski definition) is 4. The van der Waals surface area contributed by atoms with Gasteiger partial charge in [-0.2, -0.15) is 0 Å². The molecule has 5 heteroatoms. The van der Waals surface area contributed by atoms with E-state index in [1.54, 1.807) is 16.2 Å². The zero-order chi connectivity index (χ0) is 12.3. The van der Waals surface area contributed by atoms with Gasteiger partial charge in [0.05, 0.1) is 19.2 Å². The Balaban J connectivity index is 1.79. The number of carbonyl (C=O) groups is 1. The summed E-state index contributed by atoms with van der Waals surface area (Å²) in [5.41, 5.74) is 0. The van der Waals surface area contributed by atoms with Gasteiger partial charge < -0.3 is 10.0 Å². The number of rotatable bonds is 4. The minimum atomic E-state index is -0.259. The number of thiophene rings is 1. The van der Waals surface area contributed by atoms with Gasteiger partial charge in [0.15, 0.2) is 0 Å². The number of aliphatic hydroxyl groups is 1. The number of β-amino-alcohol motifs (C(OH)–C–C–N with tert-alkyl or cyclic N) is 1. The van der Waals surface area contributed by atoms with Crippen LogP contribution in [0.1, 0.15) is 11.3 Å². The van der Waals surface area contributed by atoms with E-state index in [1.165, 1.54) is 4.88 Å². The van der Waals surface area contributed by atoms with Gasteiger partial charge >= 0.3 is 0 Å². The molecule has 4 nitrogen and oxygen atoms in total. The van der Waals surface area contributed by atoms with Gasteiger partial charge in [0, 0.05) is 25.0 Å². The summed E-state index contributed by atoms with van der Waals surface area (Å²) in [6, 6.07) is 4.03. The zero-order valence-corrected chi connectivity index (χ0v) is 10.8. The molecule has 2 rings (SSSR count). The van der Waals surface area contributed by atoms with Crippen LogP contribution in [0.3, 0.4) is 0 Å². The van der Waals surface area contributed by atoms with E-state index in [-0.39, 0.29) is 12.0 Å². The van der Waals surface area contributed by atoms with Crippen LogP contribution >= 0.6 is 11.3 Å². The van der Waals surface area contributed by atoms with Crippen LogP contribution in [0.25, 0.3) is 0 Å². The van der Waals surface area contributed by atoms with Crippen molar-refractivity contribution in [1.29, 1.82) is 0 Å². The molecule has 1 unspecified atom stereocenters. The molecule has 2 heterocycles. The molecule has 1 aromatic rings. The summed E-state index contributed by atoms with van der Waals surface area (Å²) in [5, 5.41) is 11.4. The third-order valence-electron chi connectivity index (χ3n) is 3.01. The normalized spacial score (nSPS) is 20.7. The topological polar surface area (TPSA) is 43.8 Å². The summed E-state index contributed by atoms with van der Waals surface area (Å²) in [5.74, 6) is 0.118. The predicted octanol–water partition coefficient (Wildman–Crippen LogP) is 0.773. The standard InChI is InChI=1S/C12H18N2O2S/c1-13(8-11-3-2-6-17-11)12(16)9-14-5-4-10(15)7-14/h2-3,6,10,15H,4-5,7-9H2,1H3. The summed E-state index contributed by atoms with van der Waals surface area (Å²) >= 11 is 1.66. The molecule has 1 fully saturated rings. The van der Waals surface area contributed by atoms with E-state index in [1.807, 2.05) is 29.5 Å². The Morgan fingerprint density at radius 3 is 3.12 bits per heavy atom. The summed E-state index contributed by atoms with van der Waals surface area (Å²) in [7, 11) is 1.83. The second kappa shape index (κ2) is 5.62. The predicted molar refractivity (Wildman–Crippen MR) is 67.9 cm³/mol. The molecule has 1 N–H and O–H groups in total. The molecule has 1 atom stereocenters. The van der Waals surface area contributed by atoms with Gasteiger partial charge in [0.1, 0.15) is 0 Å². The van der Waals surface area contributed by atoms with Crippen molar-refractivity contribution >= 4 is 17.2 Å². The van der Waals surface area contributed by atoms with Gasteiger partial charge in [-0.15, -0.1) is 11.3 Å². The van der Waals surface area contributed by atoms with E-state index in [0.717, 1.165) is 13.0 Å². The fourth-order valence-electron chi connectivity index (χ4n) is 1.99. The SMILES string of the molecule is CN(Cc1cccs1)C(=O)CN1CCC(O)C1. The molecule has 0 spiro atoms. The number of carbonyl (C=O) groups excluding carboxylic acids is 1. The summed E-state index contributed by atoms with van der Waals surface area (Å²) < 4.78 is 0. The second-order valence-corrected chi connectivity index (χ2v) is 5.54. The molecule has 1 saturated heterocycles. The Kier molecular flexibility index (Phi) is 4.15. The van der Waals surface area contributed by atoms with Crippen molar-refractivity contribution in [1.82, 2.24) is 9.80 Å². The zero-order valence-electron chi connectivity index (χ0n) is 10.0. The van der Waals surface area contributed by atoms with Gasteiger partial charge in [0.2, 0.25) is 5.91 Å². The van der Waals surface area contributed by atoms with Gasteiger partial charge in [-0.1, -0.05) is 6.07 Å². The lowest BCUT2D eigenvalue weighted by Crippen LogP contribution is -2.37. The molecule has 0 aromatic carbocycles. The molecular formula is C12H18N2O2S. The van der Waals surface area contributed by atoms with E-state index < -0.39 is 0 Å². The molecule has 0 bridgehead atoms. The van der Waals surface area contributed by atoms with Crippen LogP contribution in [-0.4, -0.2) is 53.6 Å². The Bertz CT molecular complexity index is 367. The Labute approximate surface area is 105 Å². The molecule has 0 radical (unpaired) electrons. The van der Waals surface area contributed by atoms with Crippen LogP contribution in [0, 0.1) is 0 Å². The summed E-state index contributed by atoms with van der Waals surface area (Å²) in [4.78, 5) is 16.9. The highest BCUT2D eigenvalue weighted by Gasteiger charge is 2.23. The van der Waals surface area contributed by atoms with E-state index in [4.69, 9.17) is 0 Å². The second-order valence-electron chi connectivity index (χ2n) is 4.51. The van der Waals surface area contributed by atoms with E-state index in [9.17, 15) is 9.90 Å². The van der Waals surface area contributed by atoms with E-state index in [0.29, 0.717) is 19.6 Å². The van der Waals surface area contributed by atoms with Crippen molar-refractivity contribution in [3.63, 3.8) is 0 Å². The quantitative estimate of drug-likeness (QED) is 0.863. The Morgan fingerprint density at radius 2 is 2.53 bits per heavy atom. The van der Waals surface area contributed by atoms with Gasteiger partial charge in [-0.25, -0.2) is 0 Å². The number of amides is 1. The maximum atomic E-state index is 11.9. The highest BCUT2D eigenvalue weighted by molar-refractivity contribution is 7.09. The first-order valence-electron chi connectivity index (χ1n) is 5.82. The first-order valence-corrected chi connectivity index (χ1v) is 6.70. The number of aliphatic hydroxyl groups excluding tert-OH is 1. The first-order chi connectivity index (χ1) is 8.15. The molecule has 0 aliphatic carbocycles. The number of likely N-dealkylation sites (N-methyl/N-ethyl adjacent to an activating group) is 1. The molecule has 1 amide bonds. The lowest BCUT2D eigenvalue weighted by atomic mass is 10.3. The van der Waals surface area contributed by atoms with Gasteiger partial charge in [-0.3, -0.25) is 9.69 Å². The van der Waals surface area contributed by atoms with Crippen LogP contribution in [0.4, 0.5) is 0 Å². The lowest BCUT2D eigenvalue weighted by Gasteiger charge is -2.20. The van der Waals surface area contributed by atoms with Gasteiger partial charge in [-0.05, 0) is 17.9 Å². The van der Waals surface area contributed by atoms with Crippen molar-refractivity contribution in [2.24, 2.45) is 0 Å². The van der Waals surface area contributed by atoms with Crippen LogP contribution < -0.4 is 0 Å². The molecule has 17 heavy (non-hydrogen) atoms. The lowest BCUT2D eigenvalue weighted by molar-refractivity contribution is -0.131. The van der Waals surface area contributed by atoms with Gasteiger partial charge in [0.25, 0.3) is 0 Å². The Morgan fingerprint density at radius 1 is 1.71 bits per heavy atom. The largest absolute Gasteiger partial charge is 0.392 e. The van der Waals surface area contributed by atoms with Crippen molar-refractivity contribution in [2.75, 3.05) is 26.7 Å². The third-order valence-corrected chi connectivity index (χ3v) is 3.87. The van der Waals surface area contributed by atoms with Crippen molar-refractivity contribution in [3.05, 3.63) is 22.4 Å². The fourth-order valence-corrected chi connectivity index (χ4v) is 2.75. The van der Waals surface area contributed by atoms with Crippen LogP contribution in [0.2, 0.25) is 0 Å². The molecule has 1 aliphatic rings. The number of hydrogen-bond donors (Lipinski definition) is 1. The molecule has 0 saturated carbocycles. The molecule has 94 valence electrons. The minimum absolute atomic E-state index is 0.118. The van der Waals surface area contributed by atoms with Crippen LogP contribution in [-0.2, 0) is 11.3 Å². The highest BCUT2D eigenvalue weighted by Crippen LogP contribution is 2.12. The summed E-state index contributed by atoms with van der Waals surface area (Å²) in [6.45, 7) is 2.53. The average molecular weight is 254 g/mol. The van der Waals surface area contributed by atoms with Crippen molar-refractivity contribution in [3.8, 4) is 0 Å². The maximum absolute atomic E-state index is 11.9. The van der Waals surface area contributed by atoms with E-state index >= 15 is 0 Å². The van der Waals surface area contributed by atoms with Crippen LogP contribution in [0.5, 0.6) is 0 Å². The maximum Gasteiger partial charge on any atom is 0.236 e. The number of likely N-dealkylation sites (tertiary alicyclic amines) is 1. The average Bonchev–Trinajstić information content (AvgIpc) is 2.90. The Hall–Kier alpha value is -0.910. The number of nitrogens with zero attached hydrogens (tertiary/aromatic N) is 2. The molecular weight excluding hydrogens is 236 g/mol. The third kappa shape index (κ3) is 3.52. The summed E-state index contributed by atoms with van der Waals surface area (Å²) in [6.07, 6.45) is 0.521. The molecule has 1 aromatic heterocycles. The minimum Gasteiger partial charge on any atom is -0.392 e. The van der Waals surface area contributed by atoms with Crippen LogP contribution in [0.15, 0.2) is 17.5 Å². The monoisotopic (exact) mass is 254 g/mol. The fraction of sp³-hybridized carbons (Fsp3) is 0.583. The van der Waals surface area contributed by atoms with Crippen molar-refractivity contribution < 1.29 is 9.90 Å².